The Hall–Kier alpha value is -0.0900. The number of rotatable bonds is 6. The quantitative estimate of drug-likeness (QED) is 0.668. The van der Waals surface area contributed by atoms with Gasteiger partial charge in [-0.2, -0.15) is 0 Å². The van der Waals surface area contributed by atoms with E-state index in [1.807, 2.05) is 6.92 Å². The first kappa shape index (κ1) is 13.9. The van der Waals surface area contributed by atoms with Crippen LogP contribution in [-0.2, 0) is 10.7 Å². The lowest BCUT2D eigenvalue weighted by atomic mass is 9.74. The highest BCUT2D eigenvalue weighted by atomic mass is 32.2. The van der Waals surface area contributed by atoms with Crippen molar-refractivity contribution < 1.29 is 13.5 Å². The Kier molecular flexibility index (Phi) is 5.09. The molecule has 0 heterocycles. The largest absolute Gasteiger partial charge is 0.396 e. The van der Waals surface area contributed by atoms with Gasteiger partial charge in [-0.15, -0.1) is 0 Å². The summed E-state index contributed by atoms with van der Waals surface area (Å²) in [4.78, 5) is 0. The van der Waals surface area contributed by atoms with Crippen molar-refractivity contribution >= 4 is 10.7 Å². The van der Waals surface area contributed by atoms with Crippen LogP contribution in [0.4, 0.5) is 0 Å². The Labute approximate surface area is 88.5 Å². The average molecular weight is 222 g/mol. The van der Waals surface area contributed by atoms with E-state index in [9.17, 15) is 13.5 Å². The minimum atomic E-state index is -2.41. The molecular formula is C10H22O3S. The summed E-state index contributed by atoms with van der Waals surface area (Å²) in [6.45, 7) is 8.03. The summed E-state index contributed by atoms with van der Waals surface area (Å²) in [5.74, 6) is 0.0717. The highest BCUT2D eigenvalue weighted by Crippen LogP contribution is 2.36. The minimum Gasteiger partial charge on any atom is -0.396 e. The van der Waals surface area contributed by atoms with Gasteiger partial charge in [0.15, 0.2) is 0 Å². The topological polar surface area (TPSA) is 54.4 Å². The van der Waals surface area contributed by atoms with E-state index in [-0.39, 0.29) is 17.8 Å². The van der Waals surface area contributed by atoms with Crippen molar-refractivity contribution in [1.29, 1.82) is 0 Å². The predicted molar refractivity (Wildman–Crippen MR) is 59.1 cm³/mol. The van der Waals surface area contributed by atoms with Crippen molar-refractivity contribution in [3.8, 4) is 0 Å². The number of hydrogen-bond acceptors (Lipinski definition) is 3. The molecule has 0 amide bonds. The van der Waals surface area contributed by atoms with E-state index in [1.165, 1.54) is 0 Å². The van der Waals surface area contributed by atoms with Gasteiger partial charge in [-0.05, 0) is 11.8 Å². The summed E-state index contributed by atoms with van der Waals surface area (Å²) >= 11 is 0. The molecule has 0 aliphatic carbocycles. The monoisotopic (exact) mass is 222 g/mol. The molecule has 0 aromatic carbocycles. The second-order valence-electron chi connectivity index (χ2n) is 5.15. The highest BCUT2D eigenvalue weighted by molar-refractivity contribution is 7.72. The van der Waals surface area contributed by atoms with Gasteiger partial charge in [0.25, 0.3) is 0 Å². The molecule has 1 unspecified atom stereocenters. The second kappa shape index (κ2) is 5.12. The van der Waals surface area contributed by atoms with E-state index in [4.69, 9.17) is 0 Å². The van der Waals surface area contributed by atoms with Crippen molar-refractivity contribution in [2.75, 3.05) is 12.4 Å². The van der Waals surface area contributed by atoms with E-state index < -0.39 is 16.1 Å². The van der Waals surface area contributed by atoms with Crippen molar-refractivity contribution in [3.63, 3.8) is 0 Å². The molecule has 14 heavy (non-hydrogen) atoms. The van der Waals surface area contributed by atoms with Crippen LogP contribution in [0.2, 0.25) is 0 Å². The van der Waals surface area contributed by atoms with Gasteiger partial charge < -0.3 is 5.11 Å². The van der Waals surface area contributed by atoms with E-state index >= 15 is 0 Å². The van der Waals surface area contributed by atoms with Crippen LogP contribution in [0, 0.1) is 10.8 Å². The lowest BCUT2D eigenvalue weighted by Crippen LogP contribution is -2.32. The molecule has 0 aliphatic rings. The maximum Gasteiger partial charge on any atom is 0.140 e. The molecule has 0 aromatic heterocycles. The molecule has 0 saturated heterocycles. The maximum atomic E-state index is 10.7. The fraction of sp³-hybridized carbons (Fsp3) is 1.00. The number of aliphatic hydroxyl groups excluding tert-OH is 1. The third-order valence-electron chi connectivity index (χ3n) is 2.75. The molecule has 0 fully saturated rings. The maximum absolute atomic E-state index is 10.7. The van der Waals surface area contributed by atoms with E-state index in [0.717, 1.165) is 12.8 Å². The third kappa shape index (κ3) is 4.96. The van der Waals surface area contributed by atoms with Gasteiger partial charge in [-0.1, -0.05) is 34.1 Å². The van der Waals surface area contributed by atoms with Gasteiger partial charge in [0, 0.05) is 12.0 Å². The lowest BCUT2D eigenvalue weighted by Gasteiger charge is -2.34. The first-order valence-electron chi connectivity index (χ1n) is 4.97. The summed E-state index contributed by atoms with van der Waals surface area (Å²) in [5, 5.41) is 9.23. The zero-order valence-electron chi connectivity index (χ0n) is 9.54. The Bertz CT molecular complexity index is 238. The molecule has 0 spiro atoms. The zero-order valence-corrected chi connectivity index (χ0v) is 10.4. The van der Waals surface area contributed by atoms with Gasteiger partial charge in [0.1, 0.15) is 10.7 Å². The number of thiol groups is 1. The Morgan fingerprint density at radius 3 is 2.00 bits per heavy atom. The fourth-order valence-corrected chi connectivity index (χ4v) is 2.59. The van der Waals surface area contributed by atoms with Gasteiger partial charge in [-0.3, -0.25) is 0 Å². The molecule has 1 N–H and O–H groups in total. The molecular weight excluding hydrogens is 200 g/mol. The van der Waals surface area contributed by atoms with Gasteiger partial charge in [0.2, 0.25) is 0 Å². The predicted octanol–water partition coefficient (Wildman–Crippen LogP) is 1.42. The summed E-state index contributed by atoms with van der Waals surface area (Å²) in [7, 11) is -2.41. The first-order valence-corrected chi connectivity index (χ1v) is 6.34. The van der Waals surface area contributed by atoms with Gasteiger partial charge >= 0.3 is 0 Å². The van der Waals surface area contributed by atoms with Crippen LogP contribution in [0.25, 0.3) is 0 Å². The molecule has 3 nitrogen and oxygen atoms in total. The van der Waals surface area contributed by atoms with Crippen molar-refractivity contribution in [3.05, 3.63) is 0 Å². The Balaban J connectivity index is 4.54. The summed E-state index contributed by atoms with van der Waals surface area (Å²) in [5.41, 5.74) is -0.405. The van der Waals surface area contributed by atoms with E-state index in [2.05, 4.69) is 20.8 Å². The Morgan fingerprint density at radius 2 is 1.71 bits per heavy atom. The molecule has 0 aliphatic heterocycles. The van der Waals surface area contributed by atoms with Crippen LogP contribution in [0.1, 0.15) is 40.5 Å². The average Bonchev–Trinajstić information content (AvgIpc) is 2.02. The van der Waals surface area contributed by atoms with Crippen LogP contribution in [-0.4, -0.2) is 25.9 Å². The SMILES string of the molecule is CCC(C)(C)CC(C)(CO)C[SH](=O)=O. The lowest BCUT2D eigenvalue weighted by molar-refractivity contribution is 0.104. The highest BCUT2D eigenvalue weighted by Gasteiger charge is 2.31. The fourth-order valence-electron chi connectivity index (χ4n) is 1.75. The van der Waals surface area contributed by atoms with E-state index in [1.54, 1.807) is 0 Å². The summed E-state index contributed by atoms with van der Waals surface area (Å²) in [6, 6.07) is 0. The van der Waals surface area contributed by atoms with Crippen molar-refractivity contribution in [2.45, 2.75) is 40.5 Å². The smallest absolute Gasteiger partial charge is 0.140 e. The molecule has 0 saturated carbocycles. The van der Waals surface area contributed by atoms with Crippen LogP contribution in [0.15, 0.2) is 0 Å². The van der Waals surface area contributed by atoms with Crippen molar-refractivity contribution in [2.24, 2.45) is 10.8 Å². The molecule has 1 atom stereocenters. The normalized spacial score (nSPS) is 17.0. The summed E-state index contributed by atoms with van der Waals surface area (Å²) in [6.07, 6.45) is 1.72. The van der Waals surface area contributed by atoms with Gasteiger partial charge in [-0.25, -0.2) is 8.42 Å². The van der Waals surface area contributed by atoms with Crippen LogP contribution >= 0.6 is 0 Å². The molecule has 86 valence electrons. The minimum absolute atomic E-state index is 0.0697. The zero-order chi connectivity index (χ0) is 11.4. The van der Waals surface area contributed by atoms with Gasteiger partial charge in [0.05, 0.1) is 5.75 Å². The molecule has 0 rings (SSSR count). The standard InChI is InChI=1S/C10H22O3S/c1-5-9(2,3)6-10(4,7-11)8-14(12)13/h11,14H,5-8H2,1-4H3. The number of hydrogen-bond donors (Lipinski definition) is 2. The molecule has 0 aromatic rings. The molecule has 4 heteroatoms. The van der Waals surface area contributed by atoms with E-state index in [0.29, 0.717) is 0 Å². The molecule has 0 radical (unpaired) electrons. The number of aliphatic hydroxyl groups is 1. The summed E-state index contributed by atoms with van der Waals surface area (Å²) < 4.78 is 21.3. The van der Waals surface area contributed by atoms with Crippen LogP contribution in [0.5, 0.6) is 0 Å². The Morgan fingerprint density at radius 1 is 1.21 bits per heavy atom. The van der Waals surface area contributed by atoms with Crippen LogP contribution in [0.3, 0.4) is 0 Å². The van der Waals surface area contributed by atoms with Crippen LogP contribution < -0.4 is 0 Å². The third-order valence-corrected chi connectivity index (χ3v) is 3.78. The first-order chi connectivity index (χ1) is 6.24. The van der Waals surface area contributed by atoms with Crippen molar-refractivity contribution in [1.82, 2.24) is 0 Å². The second-order valence-corrected chi connectivity index (χ2v) is 6.14. The molecule has 0 bridgehead atoms.